The molecule has 1 unspecified atom stereocenters. The number of hydrogen-bond donors (Lipinski definition) is 1. The fraction of sp³-hybridized carbons (Fsp3) is 0.276. The number of aromatic nitrogens is 2. The summed E-state index contributed by atoms with van der Waals surface area (Å²) in [6, 6.07) is 16.9. The SMILES string of the molecule is C=C(/C=C(\N=C(/N)c1ccccn1)c1cncc(-c2ccc(CN3CCC(N(C)C)C3)cc2)c1)OC. The van der Waals surface area contributed by atoms with Crippen LogP contribution in [-0.2, 0) is 11.3 Å². The molecule has 7 nitrogen and oxygen atoms in total. The van der Waals surface area contributed by atoms with Crippen molar-refractivity contribution in [3.05, 3.63) is 102 Å². The molecule has 2 aromatic heterocycles. The van der Waals surface area contributed by atoms with Gasteiger partial charge in [0.25, 0.3) is 0 Å². The van der Waals surface area contributed by atoms with Crippen molar-refractivity contribution in [1.29, 1.82) is 0 Å². The second-order valence-electron chi connectivity index (χ2n) is 9.21. The van der Waals surface area contributed by atoms with E-state index in [1.165, 1.54) is 12.0 Å². The molecule has 0 bridgehead atoms. The first-order valence-corrected chi connectivity index (χ1v) is 12.1. The Bertz CT molecular complexity index is 1230. The van der Waals surface area contributed by atoms with Crippen molar-refractivity contribution in [2.45, 2.75) is 19.0 Å². The molecule has 3 heterocycles. The third kappa shape index (κ3) is 6.44. The molecule has 36 heavy (non-hydrogen) atoms. The predicted octanol–water partition coefficient (Wildman–Crippen LogP) is 4.19. The van der Waals surface area contributed by atoms with E-state index >= 15 is 0 Å². The van der Waals surface area contributed by atoms with Crippen LogP contribution in [0.2, 0.25) is 0 Å². The summed E-state index contributed by atoms with van der Waals surface area (Å²) in [5.41, 5.74) is 11.7. The highest BCUT2D eigenvalue weighted by atomic mass is 16.5. The van der Waals surface area contributed by atoms with E-state index in [0.29, 0.717) is 29.0 Å². The standard InChI is InChI=1S/C29H34N6O/c1-21(36-4)15-28(33-29(30)27-7-5-6-13-32-27)25-16-24(17-31-18-25)23-10-8-22(9-11-23)19-35-14-12-26(20-35)34(2)3/h5-11,13,15-18,26H,1,12,14,19-20H2,2-4H3,(H2,30,33)/b28-15-. The molecule has 1 aliphatic rings. The van der Waals surface area contributed by atoms with Crippen LogP contribution in [0.5, 0.6) is 0 Å². The molecule has 0 saturated carbocycles. The van der Waals surface area contributed by atoms with E-state index in [1.807, 2.05) is 30.5 Å². The lowest BCUT2D eigenvalue weighted by Gasteiger charge is -2.20. The third-order valence-electron chi connectivity index (χ3n) is 6.43. The Morgan fingerprint density at radius 3 is 2.67 bits per heavy atom. The molecule has 0 radical (unpaired) electrons. The second-order valence-corrected chi connectivity index (χ2v) is 9.21. The van der Waals surface area contributed by atoms with E-state index < -0.39 is 0 Å². The Kier molecular flexibility index (Phi) is 8.25. The number of likely N-dealkylation sites (N-methyl/N-ethyl adjacent to an activating group) is 1. The monoisotopic (exact) mass is 482 g/mol. The Labute approximate surface area is 213 Å². The van der Waals surface area contributed by atoms with E-state index in [9.17, 15) is 0 Å². The van der Waals surface area contributed by atoms with Gasteiger partial charge >= 0.3 is 0 Å². The molecule has 1 fully saturated rings. The number of ether oxygens (including phenoxy) is 1. The smallest absolute Gasteiger partial charge is 0.150 e. The van der Waals surface area contributed by atoms with Gasteiger partial charge in [-0.25, -0.2) is 4.99 Å². The highest BCUT2D eigenvalue weighted by Gasteiger charge is 2.23. The fourth-order valence-corrected chi connectivity index (χ4v) is 4.27. The molecule has 1 aromatic carbocycles. The first kappa shape index (κ1) is 25.3. The molecule has 1 aliphatic heterocycles. The zero-order valence-corrected chi connectivity index (χ0v) is 21.3. The van der Waals surface area contributed by atoms with Gasteiger partial charge in [0.1, 0.15) is 17.3 Å². The minimum absolute atomic E-state index is 0.305. The molecule has 1 saturated heterocycles. The third-order valence-corrected chi connectivity index (χ3v) is 6.43. The molecule has 186 valence electrons. The Morgan fingerprint density at radius 2 is 2.00 bits per heavy atom. The lowest BCUT2D eigenvalue weighted by molar-refractivity contribution is 0.264. The van der Waals surface area contributed by atoms with E-state index in [-0.39, 0.29) is 0 Å². The maximum atomic E-state index is 6.26. The number of likely N-dealkylation sites (tertiary alicyclic amines) is 1. The van der Waals surface area contributed by atoms with Gasteiger partial charge in [-0.1, -0.05) is 36.9 Å². The highest BCUT2D eigenvalue weighted by molar-refractivity contribution is 5.99. The summed E-state index contributed by atoms with van der Waals surface area (Å²) in [5, 5.41) is 0. The van der Waals surface area contributed by atoms with E-state index in [1.54, 1.807) is 25.6 Å². The molecule has 7 heteroatoms. The van der Waals surface area contributed by atoms with Crippen LogP contribution in [0.4, 0.5) is 0 Å². The first-order chi connectivity index (χ1) is 17.4. The summed E-state index contributed by atoms with van der Waals surface area (Å²) in [6.45, 7) is 7.14. The number of nitrogens with zero attached hydrogens (tertiary/aromatic N) is 5. The maximum Gasteiger partial charge on any atom is 0.150 e. The van der Waals surface area contributed by atoms with E-state index in [0.717, 1.165) is 36.3 Å². The van der Waals surface area contributed by atoms with E-state index in [4.69, 9.17) is 10.5 Å². The van der Waals surface area contributed by atoms with Crippen LogP contribution in [0.15, 0.2) is 90.5 Å². The zero-order chi connectivity index (χ0) is 25.5. The van der Waals surface area contributed by atoms with Gasteiger partial charge in [0, 0.05) is 61.5 Å². The summed E-state index contributed by atoms with van der Waals surface area (Å²) in [6.07, 6.45) is 8.27. The zero-order valence-electron chi connectivity index (χ0n) is 21.3. The van der Waals surface area contributed by atoms with Crippen LogP contribution in [-0.4, -0.2) is 65.9 Å². The van der Waals surface area contributed by atoms with Crippen LogP contribution >= 0.6 is 0 Å². The first-order valence-electron chi connectivity index (χ1n) is 12.1. The number of benzene rings is 1. The predicted molar refractivity (Wildman–Crippen MR) is 146 cm³/mol. The minimum Gasteiger partial charge on any atom is -0.497 e. The lowest BCUT2D eigenvalue weighted by atomic mass is 10.0. The van der Waals surface area contributed by atoms with Crippen molar-refractivity contribution in [3.63, 3.8) is 0 Å². The van der Waals surface area contributed by atoms with Crippen molar-refractivity contribution in [1.82, 2.24) is 19.8 Å². The quantitative estimate of drug-likeness (QED) is 0.213. The molecular formula is C29H34N6O. The minimum atomic E-state index is 0.305. The van der Waals surface area contributed by atoms with Crippen LogP contribution in [0.25, 0.3) is 16.8 Å². The van der Waals surface area contributed by atoms with Crippen molar-refractivity contribution in [2.75, 3.05) is 34.3 Å². The van der Waals surface area contributed by atoms with Gasteiger partial charge in [-0.2, -0.15) is 0 Å². The molecular weight excluding hydrogens is 448 g/mol. The molecule has 1 atom stereocenters. The average Bonchev–Trinajstić information content (AvgIpc) is 3.38. The van der Waals surface area contributed by atoms with Gasteiger partial charge in [0.15, 0.2) is 0 Å². The average molecular weight is 483 g/mol. The molecule has 3 aromatic rings. The molecule has 0 spiro atoms. The van der Waals surface area contributed by atoms with Gasteiger partial charge < -0.3 is 15.4 Å². The number of methoxy groups -OCH3 is 1. The summed E-state index contributed by atoms with van der Waals surface area (Å²) in [5.74, 6) is 0.773. The van der Waals surface area contributed by atoms with Crippen molar-refractivity contribution < 1.29 is 4.74 Å². The fourth-order valence-electron chi connectivity index (χ4n) is 4.27. The van der Waals surface area contributed by atoms with Crippen LogP contribution in [0.3, 0.4) is 0 Å². The number of allylic oxidation sites excluding steroid dienone is 1. The number of rotatable bonds is 9. The molecule has 0 aliphatic carbocycles. The van der Waals surface area contributed by atoms with Crippen LogP contribution < -0.4 is 5.73 Å². The Morgan fingerprint density at radius 1 is 1.19 bits per heavy atom. The number of aliphatic imine (C=N–C) groups is 1. The van der Waals surface area contributed by atoms with Gasteiger partial charge in [0.05, 0.1) is 12.8 Å². The molecule has 4 rings (SSSR count). The summed E-state index contributed by atoms with van der Waals surface area (Å²) in [4.78, 5) is 18.2. The van der Waals surface area contributed by atoms with Crippen LogP contribution in [0, 0.1) is 0 Å². The van der Waals surface area contributed by atoms with Gasteiger partial charge in [-0.15, -0.1) is 0 Å². The summed E-state index contributed by atoms with van der Waals surface area (Å²) >= 11 is 0. The van der Waals surface area contributed by atoms with E-state index in [2.05, 4.69) is 69.7 Å². The van der Waals surface area contributed by atoms with Crippen LogP contribution in [0.1, 0.15) is 23.2 Å². The van der Waals surface area contributed by atoms with Gasteiger partial charge in [-0.3, -0.25) is 14.9 Å². The number of nitrogens with two attached hydrogens (primary N) is 1. The highest BCUT2D eigenvalue weighted by Crippen LogP contribution is 2.26. The topological polar surface area (TPSA) is 79.9 Å². The normalized spacial score (nSPS) is 16.9. The maximum absolute atomic E-state index is 6.26. The van der Waals surface area contributed by atoms with Gasteiger partial charge in [-0.05, 0) is 49.8 Å². The largest absolute Gasteiger partial charge is 0.497 e. The number of hydrogen-bond acceptors (Lipinski definition) is 6. The Balaban J connectivity index is 1.55. The van der Waals surface area contributed by atoms with Crippen molar-refractivity contribution in [2.24, 2.45) is 10.7 Å². The van der Waals surface area contributed by atoms with Crippen molar-refractivity contribution >= 4 is 11.5 Å². The number of amidine groups is 1. The number of pyridine rings is 2. The Hall–Kier alpha value is -3.81. The molecule has 2 N–H and O–H groups in total. The summed E-state index contributed by atoms with van der Waals surface area (Å²) < 4.78 is 5.27. The van der Waals surface area contributed by atoms with Crippen molar-refractivity contribution in [3.8, 4) is 11.1 Å². The second kappa shape index (κ2) is 11.7. The molecule has 0 amide bonds. The van der Waals surface area contributed by atoms with Gasteiger partial charge in [0.2, 0.25) is 0 Å². The lowest BCUT2D eigenvalue weighted by Crippen LogP contribution is -2.31. The summed E-state index contributed by atoms with van der Waals surface area (Å²) in [7, 11) is 5.89.